The lowest BCUT2D eigenvalue weighted by molar-refractivity contribution is 0.0600. The molecule has 0 aliphatic carbocycles. The summed E-state index contributed by atoms with van der Waals surface area (Å²) in [6, 6.07) is 3.50. The molecule has 2 aromatic rings. The lowest BCUT2D eigenvalue weighted by Crippen LogP contribution is -2.04. The summed E-state index contributed by atoms with van der Waals surface area (Å²) in [5.74, 6) is 0.566. The molecule has 5 nitrogen and oxygen atoms in total. The molecule has 0 atom stereocenters. The lowest BCUT2D eigenvalue weighted by Gasteiger charge is -2.03. The minimum absolute atomic E-state index is 0.338. The molecular formula is C15H21N3O2. The van der Waals surface area contributed by atoms with Crippen LogP contribution in [0.5, 0.6) is 0 Å². The highest BCUT2D eigenvalue weighted by atomic mass is 16.5. The molecule has 2 rings (SSSR count). The summed E-state index contributed by atoms with van der Waals surface area (Å²) < 4.78 is 6.61. The minimum Gasteiger partial charge on any atom is -0.465 e. The maximum absolute atomic E-state index is 11.5. The van der Waals surface area contributed by atoms with E-state index in [-0.39, 0.29) is 5.97 Å². The molecule has 0 saturated heterocycles. The maximum Gasteiger partial charge on any atom is 0.339 e. The second-order valence-corrected chi connectivity index (χ2v) is 4.92. The van der Waals surface area contributed by atoms with Gasteiger partial charge in [0.2, 0.25) is 0 Å². The summed E-state index contributed by atoms with van der Waals surface area (Å²) in [5, 5.41) is 8.32. The number of aromatic nitrogens is 3. The first-order valence-corrected chi connectivity index (χ1v) is 7.18. The Bertz CT molecular complexity index is 578. The van der Waals surface area contributed by atoms with Crippen molar-refractivity contribution in [3.05, 3.63) is 29.7 Å². The summed E-state index contributed by atoms with van der Waals surface area (Å²) in [7, 11) is 1.38. The normalized spacial score (nSPS) is 10.9. The molecule has 0 aliphatic heterocycles. The fraction of sp³-hybridized carbons (Fsp3) is 0.533. The number of methoxy groups -OCH3 is 1. The Hall–Kier alpha value is -1.91. The van der Waals surface area contributed by atoms with Crippen LogP contribution in [0.25, 0.3) is 5.65 Å². The number of nitrogens with zero attached hydrogens (tertiary/aromatic N) is 3. The largest absolute Gasteiger partial charge is 0.465 e. The van der Waals surface area contributed by atoms with Gasteiger partial charge in [0, 0.05) is 12.6 Å². The van der Waals surface area contributed by atoms with Gasteiger partial charge in [-0.3, -0.25) is 4.40 Å². The van der Waals surface area contributed by atoms with Crippen LogP contribution in [0, 0.1) is 0 Å². The van der Waals surface area contributed by atoms with Crippen molar-refractivity contribution in [3.8, 4) is 0 Å². The van der Waals surface area contributed by atoms with E-state index in [1.165, 1.54) is 32.8 Å². The molecule has 0 radical (unpaired) electrons. The topological polar surface area (TPSA) is 56.5 Å². The number of carbonyl (C=O) groups excluding carboxylic acids is 1. The number of rotatable bonds is 7. The second-order valence-electron chi connectivity index (χ2n) is 4.92. The summed E-state index contributed by atoms with van der Waals surface area (Å²) >= 11 is 0. The summed E-state index contributed by atoms with van der Waals surface area (Å²) in [6.45, 7) is 2.21. The zero-order chi connectivity index (χ0) is 14.4. The van der Waals surface area contributed by atoms with Gasteiger partial charge in [-0.15, -0.1) is 10.2 Å². The van der Waals surface area contributed by atoms with Crippen LogP contribution in [0.15, 0.2) is 18.3 Å². The molecule has 2 heterocycles. The molecule has 0 bridgehead atoms. The highest BCUT2D eigenvalue weighted by Crippen LogP contribution is 2.11. The van der Waals surface area contributed by atoms with Gasteiger partial charge < -0.3 is 4.74 Å². The van der Waals surface area contributed by atoms with Gasteiger partial charge in [-0.1, -0.05) is 32.6 Å². The third-order valence-electron chi connectivity index (χ3n) is 3.40. The molecule has 0 aliphatic rings. The van der Waals surface area contributed by atoms with Gasteiger partial charge in [0.1, 0.15) is 5.82 Å². The molecule has 2 aromatic heterocycles. The van der Waals surface area contributed by atoms with E-state index in [4.69, 9.17) is 4.74 Å². The molecule has 108 valence electrons. The van der Waals surface area contributed by atoms with Crippen molar-refractivity contribution < 1.29 is 9.53 Å². The van der Waals surface area contributed by atoms with Crippen molar-refractivity contribution in [3.63, 3.8) is 0 Å². The van der Waals surface area contributed by atoms with E-state index in [9.17, 15) is 4.79 Å². The highest BCUT2D eigenvalue weighted by Gasteiger charge is 2.10. The van der Waals surface area contributed by atoms with E-state index >= 15 is 0 Å². The van der Waals surface area contributed by atoms with E-state index < -0.39 is 0 Å². The number of esters is 1. The van der Waals surface area contributed by atoms with Crippen LogP contribution in [0.3, 0.4) is 0 Å². The fourth-order valence-corrected chi connectivity index (χ4v) is 2.23. The molecular weight excluding hydrogens is 254 g/mol. The number of pyridine rings is 1. The SMILES string of the molecule is CCCCCCCc1nnc2ccc(C(=O)OC)cn12. The van der Waals surface area contributed by atoms with Gasteiger partial charge in [0.05, 0.1) is 12.7 Å². The van der Waals surface area contributed by atoms with Crippen LogP contribution < -0.4 is 0 Å². The predicted molar refractivity (Wildman–Crippen MR) is 76.8 cm³/mol. The van der Waals surface area contributed by atoms with E-state index in [0.29, 0.717) is 5.56 Å². The first-order valence-electron chi connectivity index (χ1n) is 7.18. The Kier molecular flexibility index (Phi) is 5.09. The second kappa shape index (κ2) is 7.03. The minimum atomic E-state index is -0.338. The monoisotopic (exact) mass is 275 g/mol. The van der Waals surface area contributed by atoms with Crippen LogP contribution in [0.1, 0.15) is 55.2 Å². The van der Waals surface area contributed by atoms with Crippen molar-refractivity contribution in [2.45, 2.75) is 45.4 Å². The Morgan fingerprint density at radius 2 is 2.00 bits per heavy atom. The van der Waals surface area contributed by atoms with Gasteiger partial charge in [0.15, 0.2) is 5.65 Å². The van der Waals surface area contributed by atoms with E-state index in [1.807, 2.05) is 4.40 Å². The number of ether oxygens (including phenoxy) is 1. The standard InChI is InChI=1S/C15H21N3O2/c1-3-4-5-6-7-8-13-16-17-14-10-9-12(11-18(13)14)15(19)20-2/h9-11H,3-8H2,1-2H3. The zero-order valence-electron chi connectivity index (χ0n) is 12.1. The molecule has 0 N–H and O–H groups in total. The smallest absolute Gasteiger partial charge is 0.339 e. The highest BCUT2D eigenvalue weighted by molar-refractivity contribution is 5.89. The van der Waals surface area contributed by atoms with Crippen molar-refractivity contribution in [1.29, 1.82) is 0 Å². The summed E-state index contributed by atoms with van der Waals surface area (Å²) in [4.78, 5) is 11.5. The third kappa shape index (κ3) is 3.35. The number of carbonyl (C=O) groups is 1. The van der Waals surface area contributed by atoms with Gasteiger partial charge in [0.25, 0.3) is 0 Å². The zero-order valence-corrected chi connectivity index (χ0v) is 12.1. The average molecular weight is 275 g/mol. The van der Waals surface area contributed by atoms with E-state index in [0.717, 1.165) is 24.3 Å². The van der Waals surface area contributed by atoms with Crippen LogP contribution in [0.2, 0.25) is 0 Å². The fourth-order valence-electron chi connectivity index (χ4n) is 2.23. The van der Waals surface area contributed by atoms with Crippen molar-refractivity contribution in [2.75, 3.05) is 7.11 Å². The number of hydrogen-bond donors (Lipinski definition) is 0. The number of unbranched alkanes of at least 4 members (excludes halogenated alkanes) is 4. The lowest BCUT2D eigenvalue weighted by atomic mass is 10.1. The van der Waals surface area contributed by atoms with Crippen LogP contribution in [-0.4, -0.2) is 27.7 Å². The van der Waals surface area contributed by atoms with Gasteiger partial charge in [-0.2, -0.15) is 0 Å². The predicted octanol–water partition coefficient (Wildman–Crippen LogP) is 3.03. The Balaban J connectivity index is 2.07. The molecule has 0 saturated carbocycles. The first kappa shape index (κ1) is 14.5. The van der Waals surface area contributed by atoms with Crippen LogP contribution >= 0.6 is 0 Å². The van der Waals surface area contributed by atoms with E-state index in [2.05, 4.69) is 17.1 Å². The van der Waals surface area contributed by atoms with Gasteiger partial charge in [-0.25, -0.2) is 4.79 Å². The molecule has 5 heteroatoms. The molecule has 0 aromatic carbocycles. The maximum atomic E-state index is 11.5. The molecule has 0 amide bonds. The molecule has 0 fully saturated rings. The van der Waals surface area contributed by atoms with Crippen molar-refractivity contribution in [1.82, 2.24) is 14.6 Å². The third-order valence-corrected chi connectivity index (χ3v) is 3.40. The summed E-state index contributed by atoms with van der Waals surface area (Å²) in [5.41, 5.74) is 1.29. The first-order chi connectivity index (χ1) is 9.76. The molecule has 0 spiro atoms. The Morgan fingerprint density at radius 1 is 1.20 bits per heavy atom. The Morgan fingerprint density at radius 3 is 2.75 bits per heavy atom. The van der Waals surface area contributed by atoms with Gasteiger partial charge >= 0.3 is 5.97 Å². The average Bonchev–Trinajstić information content (AvgIpc) is 2.88. The molecule has 20 heavy (non-hydrogen) atoms. The van der Waals surface area contributed by atoms with Crippen molar-refractivity contribution in [2.24, 2.45) is 0 Å². The number of hydrogen-bond acceptors (Lipinski definition) is 4. The van der Waals surface area contributed by atoms with Crippen molar-refractivity contribution >= 4 is 11.6 Å². The van der Waals surface area contributed by atoms with E-state index in [1.54, 1.807) is 18.3 Å². The van der Waals surface area contributed by atoms with Gasteiger partial charge in [-0.05, 0) is 18.6 Å². The van der Waals surface area contributed by atoms with Crippen LogP contribution in [-0.2, 0) is 11.2 Å². The Labute approximate surface area is 119 Å². The number of aryl methyl sites for hydroxylation is 1. The summed E-state index contributed by atoms with van der Waals surface area (Å²) in [6.07, 6.45) is 8.74. The molecule has 0 unspecified atom stereocenters. The quantitative estimate of drug-likeness (QED) is 0.575. The number of fused-ring (bicyclic) bond motifs is 1. The van der Waals surface area contributed by atoms with Crippen LogP contribution in [0.4, 0.5) is 0 Å².